The molecule has 16 heavy (non-hydrogen) atoms. The van der Waals surface area contributed by atoms with Crippen molar-refractivity contribution in [1.29, 1.82) is 0 Å². The number of rotatable bonds is 4. The van der Waals surface area contributed by atoms with E-state index in [1.54, 1.807) is 0 Å². The second-order valence-corrected chi connectivity index (χ2v) is 4.67. The van der Waals surface area contributed by atoms with Crippen molar-refractivity contribution in [3.05, 3.63) is 0 Å². The molecule has 4 nitrogen and oxygen atoms in total. The van der Waals surface area contributed by atoms with Crippen LogP contribution in [0.15, 0.2) is 0 Å². The zero-order valence-electron chi connectivity index (χ0n) is 9.67. The van der Waals surface area contributed by atoms with E-state index >= 15 is 0 Å². The Bertz CT molecular complexity index is 250. The minimum Gasteiger partial charge on any atom is -0.353 e. The van der Waals surface area contributed by atoms with E-state index in [4.69, 9.17) is 0 Å². The Morgan fingerprint density at radius 1 is 1.38 bits per heavy atom. The minimum absolute atomic E-state index is 0.132. The summed E-state index contributed by atoms with van der Waals surface area (Å²) in [7, 11) is 0. The summed E-state index contributed by atoms with van der Waals surface area (Å²) >= 11 is 3.17. The van der Waals surface area contributed by atoms with Crippen molar-refractivity contribution in [2.45, 2.75) is 38.6 Å². The molecule has 0 bridgehead atoms. The molecule has 0 unspecified atom stereocenters. The van der Waals surface area contributed by atoms with E-state index in [0.717, 1.165) is 32.4 Å². The second-order valence-electron chi connectivity index (χ2n) is 4.11. The normalized spacial score (nSPS) is 17.2. The topological polar surface area (TPSA) is 49.4 Å². The third-order valence-corrected chi connectivity index (χ3v) is 3.28. The van der Waals surface area contributed by atoms with Gasteiger partial charge >= 0.3 is 0 Å². The number of hydrogen-bond acceptors (Lipinski definition) is 2. The van der Waals surface area contributed by atoms with Crippen LogP contribution in [0.3, 0.4) is 0 Å². The molecule has 0 aromatic heterocycles. The van der Waals surface area contributed by atoms with Crippen LogP contribution in [0.1, 0.15) is 32.6 Å². The lowest BCUT2D eigenvalue weighted by Crippen LogP contribution is -2.46. The predicted molar refractivity (Wildman–Crippen MR) is 66.4 cm³/mol. The summed E-state index contributed by atoms with van der Waals surface area (Å²) in [6, 6.07) is 0.249. The van der Waals surface area contributed by atoms with Crippen LogP contribution < -0.4 is 5.32 Å². The molecule has 1 rings (SSSR count). The molecule has 2 amide bonds. The lowest BCUT2D eigenvalue weighted by Gasteiger charge is -2.32. The van der Waals surface area contributed by atoms with Gasteiger partial charge in [0.25, 0.3) is 0 Å². The van der Waals surface area contributed by atoms with Gasteiger partial charge in [0.2, 0.25) is 11.8 Å². The third-order valence-electron chi connectivity index (χ3n) is 2.80. The third kappa shape index (κ3) is 4.12. The fourth-order valence-electron chi connectivity index (χ4n) is 1.88. The van der Waals surface area contributed by atoms with E-state index in [2.05, 4.69) is 21.2 Å². The molecule has 92 valence electrons. The van der Waals surface area contributed by atoms with Crippen molar-refractivity contribution >= 4 is 27.7 Å². The highest BCUT2D eigenvalue weighted by Crippen LogP contribution is 2.11. The number of likely N-dealkylation sites (tertiary alicyclic amines) is 1. The van der Waals surface area contributed by atoms with Gasteiger partial charge in [-0.05, 0) is 19.3 Å². The number of nitrogens with zero attached hydrogens (tertiary/aromatic N) is 1. The number of carbonyl (C=O) groups is 2. The van der Waals surface area contributed by atoms with E-state index in [0.29, 0.717) is 11.8 Å². The van der Waals surface area contributed by atoms with Crippen LogP contribution in [-0.4, -0.2) is 41.2 Å². The largest absolute Gasteiger partial charge is 0.353 e. The molecule has 1 saturated heterocycles. The first-order valence-electron chi connectivity index (χ1n) is 5.80. The van der Waals surface area contributed by atoms with Crippen molar-refractivity contribution < 1.29 is 9.59 Å². The second kappa shape index (κ2) is 6.89. The van der Waals surface area contributed by atoms with Crippen molar-refractivity contribution in [3.8, 4) is 0 Å². The van der Waals surface area contributed by atoms with Crippen LogP contribution in [-0.2, 0) is 9.59 Å². The minimum atomic E-state index is 0.132. The first-order chi connectivity index (χ1) is 7.67. The molecule has 1 fully saturated rings. The Morgan fingerprint density at radius 2 is 2.00 bits per heavy atom. The molecule has 0 atom stereocenters. The van der Waals surface area contributed by atoms with Crippen LogP contribution in [0, 0.1) is 0 Å². The molecule has 0 spiro atoms. The number of carbonyl (C=O) groups excluding carboxylic acids is 2. The smallest absolute Gasteiger partial charge is 0.233 e. The van der Waals surface area contributed by atoms with Gasteiger partial charge in [0, 0.05) is 25.6 Å². The van der Waals surface area contributed by atoms with Crippen LogP contribution in [0.5, 0.6) is 0 Å². The first kappa shape index (κ1) is 13.5. The summed E-state index contributed by atoms with van der Waals surface area (Å²) in [5.41, 5.74) is 0. The van der Waals surface area contributed by atoms with E-state index in [-0.39, 0.29) is 17.9 Å². The average Bonchev–Trinajstić information content (AvgIpc) is 2.29. The fourth-order valence-corrected chi connectivity index (χ4v) is 2.24. The zero-order valence-corrected chi connectivity index (χ0v) is 11.3. The molecule has 1 heterocycles. The summed E-state index contributed by atoms with van der Waals surface area (Å²) in [6.45, 7) is 3.50. The van der Waals surface area contributed by atoms with E-state index in [1.165, 1.54) is 0 Å². The monoisotopic (exact) mass is 290 g/mol. The number of hydrogen-bond donors (Lipinski definition) is 1. The molecular weight excluding hydrogens is 272 g/mol. The molecule has 0 aliphatic carbocycles. The molecule has 5 heteroatoms. The summed E-state index contributed by atoms with van der Waals surface area (Å²) in [4.78, 5) is 24.6. The van der Waals surface area contributed by atoms with E-state index < -0.39 is 0 Å². The van der Waals surface area contributed by atoms with Crippen LogP contribution in [0.2, 0.25) is 0 Å². The lowest BCUT2D eigenvalue weighted by atomic mass is 10.0. The number of alkyl halides is 1. The molecule has 0 saturated carbocycles. The average molecular weight is 291 g/mol. The van der Waals surface area contributed by atoms with Crippen LogP contribution in [0.4, 0.5) is 0 Å². The van der Waals surface area contributed by atoms with Gasteiger partial charge in [0.15, 0.2) is 0 Å². The van der Waals surface area contributed by atoms with Crippen molar-refractivity contribution in [2.75, 3.05) is 18.4 Å². The van der Waals surface area contributed by atoms with Crippen LogP contribution >= 0.6 is 15.9 Å². The van der Waals surface area contributed by atoms with Crippen molar-refractivity contribution in [2.24, 2.45) is 0 Å². The highest BCUT2D eigenvalue weighted by molar-refractivity contribution is 9.09. The highest BCUT2D eigenvalue weighted by Gasteiger charge is 2.22. The van der Waals surface area contributed by atoms with E-state index in [9.17, 15) is 9.59 Å². The maximum absolute atomic E-state index is 11.4. The predicted octanol–water partition coefficient (Wildman–Crippen LogP) is 1.29. The van der Waals surface area contributed by atoms with Gasteiger partial charge in [0.05, 0.1) is 5.33 Å². The molecule has 1 aliphatic rings. The Morgan fingerprint density at radius 3 is 2.50 bits per heavy atom. The summed E-state index contributed by atoms with van der Waals surface area (Å²) < 4.78 is 0. The molecule has 0 radical (unpaired) electrons. The Balaban J connectivity index is 2.26. The molecule has 0 aromatic carbocycles. The number of halogens is 1. The highest BCUT2D eigenvalue weighted by atomic mass is 79.9. The Labute approximate surface area is 105 Å². The van der Waals surface area contributed by atoms with Gasteiger partial charge < -0.3 is 10.2 Å². The summed E-state index contributed by atoms with van der Waals surface area (Å²) in [6.07, 6.45) is 3.22. The van der Waals surface area contributed by atoms with Crippen LogP contribution in [0.25, 0.3) is 0 Å². The molecular formula is C11H19BrN2O2. The van der Waals surface area contributed by atoms with Gasteiger partial charge in [-0.15, -0.1) is 0 Å². The zero-order chi connectivity index (χ0) is 12.0. The fraction of sp³-hybridized carbons (Fsp3) is 0.818. The quantitative estimate of drug-likeness (QED) is 0.793. The number of nitrogens with one attached hydrogen (secondary N) is 1. The number of amides is 2. The standard InChI is InChI=1S/C11H19BrN2O2/c1-2-3-10(15)13-9-4-6-14(7-5-9)11(16)8-12/h9H,2-8H2,1H3,(H,13,15). The maximum atomic E-state index is 11.4. The molecule has 1 aliphatic heterocycles. The first-order valence-corrected chi connectivity index (χ1v) is 6.92. The SMILES string of the molecule is CCCC(=O)NC1CCN(C(=O)CBr)CC1. The van der Waals surface area contributed by atoms with Crippen molar-refractivity contribution in [1.82, 2.24) is 10.2 Å². The Kier molecular flexibility index (Phi) is 5.80. The summed E-state index contributed by atoms with van der Waals surface area (Å²) in [5, 5.41) is 3.40. The molecule has 0 aromatic rings. The lowest BCUT2D eigenvalue weighted by molar-refractivity contribution is -0.129. The van der Waals surface area contributed by atoms with Crippen molar-refractivity contribution in [3.63, 3.8) is 0 Å². The maximum Gasteiger partial charge on any atom is 0.233 e. The van der Waals surface area contributed by atoms with Gasteiger partial charge in [-0.2, -0.15) is 0 Å². The van der Waals surface area contributed by atoms with Gasteiger partial charge in [0.1, 0.15) is 0 Å². The summed E-state index contributed by atoms with van der Waals surface area (Å²) in [5.74, 6) is 0.270. The molecule has 1 N–H and O–H groups in total. The number of piperidine rings is 1. The Hall–Kier alpha value is -0.580. The van der Waals surface area contributed by atoms with Gasteiger partial charge in [-0.3, -0.25) is 9.59 Å². The van der Waals surface area contributed by atoms with Gasteiger partial charge in [-0.25, -0.2) is 0 Å². The van der Waals surface area contributed by atoms with E-state index in [1.807, 2.05) is 11.8 Å². The van der Waals surface area contributed by atoms with Gasteiger partial charge in [-0.1, -0.05) is 22.9 Å².